The molecule has 1 atom stereocenters. The number of hydrogen-bond acceptors (Lipinski definition) is 2. The Morgan fingerprint density at radius 2 is 2.12 bits per heavy atom. The predicted octanol–water partition coefficient (Wildman–Crippen LogP) is 4.15. The monoisotopic (exact) mass is 348 g/mol. The first-order chi connectivity index (χ1) is 7.50. The molecule has 0 N–H and O–H groups in total. The molecule has 0 radical (unpaired) electrons. The number of rotatable bonds is 1. The van der Waals surface area contributed by atoms with Crippen LogP contribution in [0.1, 0.15) is 17.3 Å². The van der Waals surface area contributed by atoms with E-state index in [1.807, 2.05) is 6.92 Å². The van der Waals surface area contributed by atoms with E-state index in [4.69, 9.17) is 4.42 Å². The lowest BCUT2D eigenvalue weighted by molar-refractivity contribution is 0.552. The van der Waals surface area contributed by atoms with Gasteiger partial charge in [-0.1, -0.05) is 15.9 Å². The first-order valence-electron chi connectivity index (χ1n) is 4.56. The highest BCUT2D eigenvalue weighted by Gasteiger charge is 2.16. The zero-order valence-electron chi connectivity index (χ0n) is 8.26. The van der Waals surface area contributed by atoms with E-state index in [-0.39, 0.29) is 10.6 Å². The fraction of sp³-hybridized carbons (Fsp3) is 0.182. The summed E-state index contributed by atoms with van der Waals surface area (Å²) in [5.74, 6) is -0.359. The van der Waals surface area contributed by atoms with Gasteiger partial charge in [0.05, 0.1) is 0 Å². The van der Waals surface area contributed by atoms with Gasteiger partial charge in [0.25, 0.3) is 0 Å². The maximum absolute atomic E-state index is 13.2. The molecule has 0 aliphatic rings. The minimum absolute atomic E-state index is 0.0738. The van der Waals surface area contributed by atoms with E-state index >= 15 is 0 Å². The molecule has 2 aromatic rings. The lowest BCUT2D eigenvalue weighted by Gasteiger charge is -2.09. The molecule has 0 aliphatic carbocycles. The van der Waals surface area contributed by atoms with Gasteiger partial charge in [-0.2, -0.15) is 0 Å². The topological polar surface area (TPSA) is 30.2 Å². The van der Waals surface area contributed by atoms with Crippen LogP contribution in [0.2, 0.25) is 0 Å². The van der Waals surface area contributed by atoms with Crippen molar-refractivity contribution >= 4 is 42.8 Å². The largest absolute Gasteiger partial charge is 0.422 e. The number of hydrogen-bond donors (Lipinski definition) is 0. The van der Waals surface area contributed by atoms with Crippen LogP contribution < -0.4 is 5.63 Å². The van der Waals surface area contributed by atoms with E-state index in [2.05, 4.69) is 31.9 Å². The summed E-state index contributed by atoms with van der Waals surface area (Å²) in [5.41, 5.74) is 0.627. The van der Waals surface area contributed by atoms with Crippen molar-refractivity contribution in [1.29, 1.82) is 0 Å². The molecule has 1 aromatic heterocycles. The van der Waals surface area contributed by atoms with Crippen LogP contribution in [0, 0.1) is 5.82 Å². The average molecular weight is 350 g/mol. The van der Waals surface area contributed by atoms with E-state index < -0.39 is 5.63 Å². The van der Waals surface area contributed by atoms with Gasteiger partial charge in [-0.25, -0.2) is 9.18 Å². The first kappa shape index (κ1) is 11.8. The highest BCUT2D eigenvalue weighted by Crippen LogP contribution is 2.33. The average Bonchev–Trinajstić information content (AvgIpc) is 2.20. The Bertz CT molecular complexity index is 605. The van der Waals surface area contributed by atoms with Gasteiger partial charge in [-0.3, -0.25) is 0 Å². The van der Waals surface area contributed by atoms with Gasteiger partial charge in [-0.15, -0.1) is 0 Å². The zero-order chi connectivity index (χ0) is 11.9. The number of fused-ring (bicyclic) bond motifs is 1. The summed E-state index contributed by atoms with van der Waals surface area (Å²) in [7, 11) is 0. The smallest absolute Gasteiger partial charge is 0.351 e. The van der Waals surface area contributed by atoms with Crippen LogP contribution in [0.4, 0.5) is 4.39 Å². The maximum Gasteiger partial charge on any atom is 0.351 e. The van der Waals surface area contributed by atoms with Crippen LogP contribution in [-0.2, 0) is 0 Å². The molecule has 0 aliphatic heterocycles. The van der Waals surface area contributed by atoms with Gasteiger partial charge in [-0.05, 0) is 46.6 Å². The van der Waals surface area contributed by atoms with Gasteiger partial charge in [0.15, 0.2) is 0 Å². The third-order valence-corrected chi connectivity index (χ3v) is 3.46. The van der Waals surface area contributed by atoms with Crippen LogP contribution in [0.5, 0.6) is 0 Å². The van der Waals surface area contributed by atoms with Crippen molar-refractivity contribution in [3.63, 3.8) is 0 Å². The second-order valence-electron chi connectivity index (χ2n) is 3.37. The quantitative estimate of drug-likeness (QED) is 0.572. The molecule has 0 bridgehead atoms. The van der Waals surface area contributed by atoms with Gasteiger partial charge < -0.3 is 4.42 Å². The predicted molar refractivity (Wildman–Crippen MR) is 67.5 cm³/mol. The Labute approximate surface area is 108 Å². The van der Waals surface area contributed by atoms with Crippen molar-refractivity contribution in [2.45, 2.75) is 11.8 Å². The van der Waals surface area contributed by atoms with E-state index in [0.717, 1.165) is 0 Å². The van der Waals surface area contributed by atoms with Crippen molar-refractivity contribution in [1.82, 2.24) is 0 Å². The first-order valence-corrected chi connectivity index (χ1v) is 6.27. The normalized spacial score (nSPS) is 13.0. The minimum atomic E-state index is -0.458. The Balaban J connectivity index is 2.96. The molecule has 2 nitrogen and oxygen atoms in total. The van der Waals surface area contributed by atoms with E-state index in [9.17, 15) is 9.18 Å². The second kappa shape index (κ2) is 4.30. The molecular weight excluding hydrogens is 343 g/mol. The van der Waals surface area contributed by atoms with Crippen molar-refractivity contribution in [3.8, 4) is 0 Å². The Hall–Kier alpha value is -0.680. The summed E-state index contributed by atoms with van der Waals surface area (Å²) >= 11 is 6.55. The minimum Gasteiger partial charge on any atom is -0.422 e. The van der Waals surface area contributed by atoms with Crippen molar-refractivity contribution < 1.29 is 8.81 Å². The molecule has 1 aromatic carbocycles. The molecule has 16 heavy (non-hydrogen) atoms. The summed E-state index contributed by atoms with van der Waals surface area (Å²) in [6.07, 6.45) is 0. The maximum atomic E-state index is 13.2. The van der Waals surface area contributed by atoms with Gasteiger partial charge in [0.1, 0.15) is 15.9 Å². The van der Waals surface area contributed by atoms with Crippen molar-refractivity contribution in [2.75, 3.05) is 0 Å². The molecule has 84 valence electrons. The molecule has 1 unspecified atom stereocenters. The molecule has 0 fully saturated rings. The number of alkyl halides is 1. The molecule has 0 amide bonds. The summed E-state index contributed by atoms with van der Waals surface area (Å²) in [6, 6.07) is 4.08. The van der Waals surface area contributed by atoms with Crippen LogP contribution >= 0.6 is 31.9 Å². The fourth-order valence-corrected chi connectivity index (χ4v) is 2.98. The lowest BCUT2D eigenvalue weighted by Crippen LogP contribution is -2.05. The van der Waals surface area contributed by atoms with E-state index in [0.29, 0.717) is 21.0 Å². The van der Waals surface area contributed by atoms with E-state index in [1.54, 1.807) is 0 Å². The third-order valence-electron chi connectivity index (χ3n) is 2.25. The summed E-state index contributed by atoms with van der Waals surface area (Å²) < 4.78 is 18.5. The van der Waals surface area contributed by atoms with Gasteiger partial charge in [0, 0.05) is 10.2 Å². The van der Waals surface area contributed by atoms with Crippen LogP contribution in [0.3, 0.4) is 0 Å². The Morgan fingerprint density at radius 1 is 1.44 bits per heavy atom. The molecule has 0 spiro atoms. The fourth-order valence-electron chi connectivity index (χ4n) is 1.56. The zero-order valence-corrected chi connectivity index (χ0v) is 11.4. The Kier molecular flexibility index (Phi) is 3.17. The molecule has 5 heteroatoms. The summed E-state index contributed by atoms with van der Waals surface area (Å²) in [6.45, 7) is 1.86. The molecule has 0 saturated carbocycles. The summed E-state index contributed by atoms with van der Waals surface area (Å²) in [4.78, 5) is 11.4. The molecule has 1 heterocycles. The van der Waals surface area contributed by atoms with E-state index in [1.165, 1.54) is 18.2 Å². The highest BCUT2D eigenvalue weighted by atomic mass is 79.9. The van der Waals surface area contributed by atoms with Crippen LogP contribution in [-0.4, -0.2) is 0 Å². The third kappa shape index (κ3) is 1.94. The second-order valence-corrected chi connectivity index (χ2v) is 5.54. The van der Waals surface area contributed by atoms with Crippen molar-refractivity contribution in [3.05, 3.63) is 44.5 Å². The van der Waals surface area contributed by atoms with Crippen molar-refractivity contribution in [2.24, 2.45) is 0 Å². The van der Waals surface area contributed by atoms with Gasteiger partial charge >= 0.3 is 5.63 Å². The molecule has 2 rings (SSSR count). The Morgan fingerprint density at radius 3 is 2.75 bits per heavy atom. The lowest BCUT2D eigenvalue weighted by atomic mass is 10.1. The SMILES string of the molecule is CC(Br)c1c(Br)c(=O)oc2ccc(F)cc12. The summed E-state index contributed by atoms with van der Waals surface area (Å²) in [5, 5.41) is 0.593. The number of halogens is 3. The highest BCUT2D eigenvalue weighted by molar-refractivity contribution is 9.11. The van der Waals surface area contributed by atoms with Crippen LogP contribution in [0.15, 0.2) is 31.9 Å². The standard InChI is InChI=1S/C11H7Br2FO2/c1-5(12)9-7-4-6(14)2-3-8(7)16-11(15)10(9)13/h2-5H,1H3. The number of benzene rings is 1. The van der Waals surface area contributed by atoms with Crippen LogP contribution in [0.25, 0.3) is 11.0 Å². The van der Waals surface area contributed by atoms with Gasteiger partial charge in [0.2, 0.25) is 0 Å². The molecule has 0 saturated heterocycles. The molecular formula is C11H7Br2FO2.